The van der Waals surface area contributed by atoms with E-state index in [1.165, 1.54) is 0 Å². The standard InChI is InChI=1S/C21H16O3/c1-13-10-18(17-7-5-3-4-6-16(13)17)21(22)20-11-14-8-9-15(23-2)12-19(14)24-20/h3-12H,1-2H3. The third-order valence-corrected chi connectivity index (χ3v) is 4.31. The second-order valence-corrected chi connectivity index (χ2v) is 5.82. The number of aryl methyl sites for hydroxylation is 1. The number of furan rings is 1. The van der Waals surface area contributed by atoms with Crippen LogP contribution in [0.5, 0.6) is 5.75 Å². The molecule has 3 nitrogen and oxygen atoms in total. The zero-order chi connectivity index (χ0) is 16.7. The van der Waals surface area contributed by atoms with E-state index in [1.54, 1.807) is 19.2 Å². The largest absolute Gasteiger partial charge is 0.497 e. The number of fused-ring (bicyclic) bond motifs is 2. The van der Waals surface area contributed by atoms with Gasteiger partial charge in [-0.2, -0.15) is 0 Å². The smallest absolute Gasteiger partial charge is 0.228 e. The second-order valence-electron chi connectivity index (χ2n) is 5.82. The molecule has 0 atom stereocenters. The van der Waals surface area contributed by atoms with Gasteiger partial charge in [0.2, 0.25) is 5.78 Å². The van der Waals surface area contributed by atoms with Crippen molar-refractivity contribution >= 4 is 16.8 Å². The third-order valence-electron chi connectivity index (χ3n) is 4.31. The van der Waals surface area contributed by atoms with Crippen LogP contribution in [0.15, 0.2) is 65.1 Å². The van der Waals surface area contributed by atoms with Gasteiger partial charge in [0, 0.05) is 17.0 Å². The number of hydrogen-bond acceptors (Lipinski definition) is 3. The van der Waals surface area contributed by atoms with E-state index >= 15 is 0 Å². The molecule has 2 aliphatic carbocycles. The van der Waals surface area contributed by atoms with E-state index in [9.17, 15) is 4.79 Å². The maximum absolute atomic E-state index is 13.0. The van der Waals surface area contributed by atoms with Gasteiger partial charge >= 0.3 is 0 Å². The normalized spacial score (nSPS) is 11.1. The van der Waals surface area contributed by atoms with Crippen LogP contribution < -0.4 is 4.74 Å². The minimum Gasteiger partial charge on any atom is -0.497 e. The van der Waals surface area contributed by atoms with Crippen LogP contribution in [0.3, 0.4) is 0 Å². The van der Waals surface area contributed by atoms with E-state index in [0.717, 1.165) is 22.1 Å². The average molecular weight is 316 g/mol. The topological polar surface area (TPSA) is 39.4 Å². The van der Waals surface area contributed by atoms with Crippen LogP contribution in [0.2, 0.25) is 0 Å². The molecule has 0 saturated heterocycles. The number of hydrogen-bond donors (Lipinski definition) is 0. The molecule has 24 heavy (non-hydrogen) atoms. The Morgan fingerprint density at radius 3 is 2.54 bits per heavy atom. The first-order valence-electron chi connectivity index (χ1n) is 7.78. The van der Waals surface area contributed by atoms with Crippen molar-refractivity contribution in [1.29, 1.82) is 0 Å². The molecule has 0 radical (unpaired) electrons. The highest BCUT2D eigenvalue weighted by molar-refractivity contribution is 6.14. The first-order valence-corrected chi connectivity index (χ1v) is 7.78. The molecule has 0 aliphatic heterocycles. The van der Waals surface area contributed by atoms with Gasteiger partial charge in [-0.05, 0) is 47.9 Å². The number of ketones is 1. The van der Waals surface area contributed by atoms with Gasteiger partial charge in [-0.25, -0.2) is 0 Å². The fourth-order valence-corrected chi connectivity index (χ4v) is 3.07. The van der Waals surface area contributed by atoms with Gasteiger partial charge in [0.25, 0.3) is 0 Å². The lowest BCUT2D eigenvalue weighted by molar-refractivity contribution is 0.101. The Hall–Kier alpha value is -3.07. The van der Waals surface area contributed by atoms with Crippen molar-refractivity contribution in [3.8, 4) is 16.9 Å². The Morgan fingerprint density at radius 1 is 0.958 bits per heavy atom. The van der Waals surface area contributed by atoms with E-state index < -0.39 is 0 Å². The summed E-state index contributed by atoms with van der Waals surface area (Å²) in [6.45, 7) is 2.02. The molecule has 0 unspecified atom stereocenters. The van der Waals surface area contributed by atoms with E-state index in [0.29, 0.717) is 22.7 Å². The van der Waals surface area contributed by atoms with Crippen molar-refractivity contribution < 1.29 is 13.9 Å². The van der Waals surface area contributed by atoms with Crippen LogP contribution in [-0.4, -0.2) is 12.9 Å². The summed E-state index contributed by atoms with van der Waals surface area (Å²) in [5, 5.41) is 0.886. The molecule has 2 aliphatic rings. The third kappa shape index (κ3) is 2.26. The molecule has 0 spiro atoms. The lowest BCUT2D eigenvalue weighted by Crippen LogP contribution is -1.98. The molecular formula is C21H16O3. The Labute approximate surface area is 139 Å². The van der Waals surface area contributed by atoms with E-state index in [-0.39, 0.29) is 5.78 Å². The molecule has 0 amide bonds. The zero-order valence-corrected chi connectivity index (χ0v) is 13.5. The minimum atomic E-state index is -0.102. The molecule has 3 heteroatoms. The lowest BCUT2D eigenvalue weighted by atomic mass is 10.0. The number of carbonyl (C=O) groups is 1. The molecular weight excluding hydrogens is 300 g/mol. The Bertz CT molecular complexity index is 1030. The number of carbonyl (C=O) groups excluding carboxylic acids is 1. The Balaban J connectivity index is 1.83. The highest BCUT2D eigenvalue weighted by Crippen LogP contribution is 2.34. The molecule has 1 aromatic heterocycles. The molecule has 0 N–H and O–H groups in total. The van der Waals surface area contributed by atoms with Gasteiger partial charge in [-0.1, -0.05) is 30.3 Å². The van der Waals surface area contributed by atoms with Gasteiger partial charge in [-0.3, -0.25) is 4.79 Å². The first kappa shape index (κ1) is 14.5. The van der Waals surface area contributed by atoms with Crippen LogP contribution in [-0.2, 0) is 0 Å². The number of rotatable bonds is 3. The van der Waals surface area contributed by atoms with Gasteiger partial charge < -0.3 is 9.15 Å². The number of ether oxygens (including phenoxy) is 1. The fraction of sp³-hybridized carbons (Fsp3) is 0.0952. The van der Waals surface area contributed by atoms with E-state index in [4.69, 9.17) is 9.15 Å². The number of benzene rings is 1. The average Bonchev–Trinajstić information content (AvgIpc) is 3.05. The van der Waals surface area contributed by atoms with Crippen molar-refractivity contribution in [2.75, 3.05) is 7.11 Å². The maximum Gasteiger partial charge on any atom is 0.228 e. The van der Waals surface area contributed by atoms with Crippen LogP contribution in [0, 0.1) is 6.92 Å². The quantitative estimate of drug-likeness (QED) is 0.494. The predicted molar refractivity (Wildman–Crippen MR) is 94.0 cm³/mol. The maximum atomic E-state index is 13.0. The van der Waals surface area contributed by atoms with Gasteiger partial charge in [0.1, 0.15) is 11.3 Å². The SMILES string of the molecule is COc1ccc2cc(C(=O)c3cc(C)c4cccccc3-4)oc2c1. The zero-order valence-electron chi connectivity index (χ0n) is 13.5. The first-order chi connectivity index (χ1) is 11.7. The molecule has 1 aromatic carbocycles. The van der Waals surface area contributed by atoms with Crippen molar-refractivity contribution in [3.63, 3.8) is 0 Å². The van der Waals surface area contributed by atoms with Gasteiger partial charge in [-0.15, -0.1) is 0 Å². The molecule has 0 bridgehead atoms. The monoisotopic (exact) mass is 316 g/mol. The summed E-state index contributed by atoms with van der Waals surface area (Å²) >= 11 is 0. The summed E-state index contributed by atoms with van der Waals surface area (Å²) in [7, 11) is 1.61. The van der Waals surface area contributed by atoms with E-state index in [1.807, 2.05) is 55.5 Å². The van der Waals surface area contributed by atoms with Crippen LogP contribution in [0.1, 0.15) is 21.7 Å². The van der Waals surface area contributed by atoms with Crippen LogP contribution in [0.25, 0.3) is 22.1 Å². The minimum absolute atomic E-state index is 0.102. The summed E-state index contributed by atoms with van der Waals surface area (Å²) in [5.41, 5.74) is 4.43. The summed E-state index contributed by atoms with van der Waals surface area (Å²) in [4.78, 5) is 13.0. The molecule has 0 saturated carbocycles. The van der Waals surface area contributed by atoms with Gasteiger partial charge in [0.05, 0.1) is 7.11 Å². The van der Waals surface area contributed by atoms with Crippen molar-refractivity contribution in [2.45, 2.75) is 6.92 Å². The van der Waals surface area contributed by atoms with Crippen molar-refractivity contribution in [3.05, 3.63) is 77.6 Å². The summed E-state index contributed by atoms with van der Waals surface area (Å²) in [6, 6.07) is 19.2. The Kier molecular flexibility index (Phi) is 3.35. The molecule has 2 aromatic rings. The second kappa shape index (κ2) is 5.53. The van der Waals surface area contributed by atoms with Crippen LogP contribution >= 0.6 is 0 Å². The number of methoxy groups -OCH3 is 1. The summed E-state index contributed by atoms with van der Waals surface area (Å²) in [6.07, 6.45) is 0. The lowest BCUT2D eigenvalue weighted by Gasteiger charge is -1.99. The van der Waals surface area contributed by atoms with Crippen LogP contribution in [0.4, 0.5) is 0 Å². The van der Waals surface area contributed by atoms with E-state index in [2.05, 4.69) is 0 Å². The fourth-order valence-electron chi connectivity index (χ4n) is 3.07. The highest BCUT2D eigenvalue weighted by Gasteiger charge is 2.22. The predicted octanol–water partition coefficient (Wildman–Crippen LogP) is 5.09. The molecule has 0 fully saturated rings. The van der Waals surface area contributed by atoms with Gasteiger partial charge in [0.15, 0.2) is 5.76 Å². The van der Waals surface area contributed by atoms with Crippen molar-refractivity contribution in [1.82, 2.24) is 0 Å². The highest BCUT2D eigenvalue weighted by atomic mass is 16.5. The van der Waals surface area contributed by atoms with Crippen molar-refractivity contribution in [2.24, 2.45) is 0 Å². The summed E-state index contributed by atoms with van der Waals surface area (Å²) in [5.74, 6) is 0.948. The summed E-state index contributed by atoms with van der Waals surface area (Å²) < 4.78 is 11.0. The molecule has 4 rings (SSSR count). The molecule has 118 valence electrons. The molecule has 1 heterocycles. The Morgan fingerprint density at radius 2 is 1.75 bits per heavy atom.